The second kappa shape index (κ2) is 4.56. The number of carbonyl (C=O) groups is 1. The Hall–Kier alpha value is -2.50. The van der Waals surface area contributed by atoms with E-state index in [4.69, 9.17) is 5.73 Å². The number of aryl methyl sites for hydroxylation is 1. The maximum absolute atomic E-state index is 11.9. The zero-order valence-electron chi connectivity index (χ0n) is 11.6. The molecule has 1 fully saturated rings. The van der Waals surface area contributed by atoms with Crippen molar-refractivity contribution in [1.82, 2.24) is 14.7 Å². The van der Waals surface area contributed by atoms with Crippen LogP contribution < -0.4 is 10.6 Å². The van der Waals surface area contributed by atoms with E-state index in [9.17, 15) is 4.79 Å². The number of hydrogen-bond acceptors (Lipinski definition) is 3. The number of anilines is 2. The molecule has 0 radical (unpaired) electrons. The lowest BCUT2D eigenvalue weighted by Gasteiger charge is -2.16. The monoisotopic (exact) mass is 271 g/mol. The third-order valence-corrected chi connectivity index (χ3v) is 3.69. The third-order valence-electron chi connectivity index (χ3n) is 3.69. The molecule has 104 valence electrons. The predicted molar refractivity (Wildman–Crippen MR) is 78.4 cm³/mol. The van der Waals surface area contributed by atoms with Gasteiger partial charge in [0.2, 0.25) is 0 Å². The lowest BCUT2D eigenvalue weighted by Crippen LogP contribution is -2.29. The molecule has 20 heavy (non-hydrogen) atoms. The molecule has 2 amide bonds. The van der Waals surface area contributed by atoms with Gasteiger partial charge in [-0.3, -0.25) is 9.58 Å². The number of rotatable bonds is 2. The summed E-state index contributed by atoms with van der Waals surface area (Å²) in [7, 11) is 3.62. The molecule has 0 atom stereocenters. The van der Waals surface area contributed by atoms with Gasteiger partial charge in [-0.25, -0.2) is 4.79 Å². The molecule has 6 nitrogen and oxygen atoms in total. The number of nitrogens with zero attached hydrogens (tertiary/aromatic N) is 4. The third kappa shape index (κ3) is 1.89. The highest BCUT2D eigenvalue weighted by Crippen LogP contribution is 2.28. The van der Waals surface area contributed by atoms with E-state index in [1.165, 1.54) is 0 Å². The SMILES string of the molecule is CN1CCN(c2ccc(-c3cnn(C)c3N)cc2)C1=O. The summed E-state index contributed by atoms with van der Waals surface area (Å²) in [5, 5.41) is 4.13. The normalized spacial score (nSPS) is 15.2. The Labute approximate surface area is 117 Å². The highest BCUT2D eigenvalue weighted by atomic mass is 16.2. The van der Waals surface area contributed by atoms with Gasteiger partial charge in [0.15, 0.2) is 0 Å². The Balaban J connectivity index is 1.89. The lowest BCUT2D eigenvalue weighted by molar-refractivity contribution is 0.229. The first kappa shape index (κ1) is 12.5. The van der Waals surface area contributed by atoms with Crippen molar-refractivity contribution < 1.29 is 4.79 Å². The molecule has 0 aliphatic carbocycles. The minimum absolute atomic E-state index is 0.0404. The fourth-order valence-corrected chi connectivity index (χ4v) is 2.38. The number of amides is 2. The molecule has 1 aliphatic rings. The number of hydrogen-bond donors (Lipinski definition) is 1. The van der Waals surface area contributed by atoms with Crippen LogP contribution in [0, 0.1) is 0 Å². The van der Waals surface area contributed by atoms with Gasteiger partial charge < -0.3 is 10.6 Å². The van der Waals surface area contributed by atoms with E-state index in [1.54, 1.807) is 20.7 Å². The van der Waals surface area contributed by atoms with Crippen LogP contribution in [0.1, 0.15) is 0 Å². The standard InChI is InChI=1S/C14H17N5O/c1-17-7-8-19(14(17)20)11-5-3-10(4-6-11)12-9-16-18(2)13(12)15/h3-6,9H,7-8,15H2,1-2H3. The van der Waals surface area contributed by atoms with Crippen LogP contribution in [0.25, 0.3) is 11.1 Å². The van der Waals surface area contributed by atoms with Gasteiger partial charge in [0.25, 0.3) is 0 Å². The predicted octanol–water partition coefficient (Wildman–Crippen LogP) is 1.54. The fourth-order valence-electron chi connectivity index (χ4n) is 2.38. The minimum Gasteiger partial charge on any atom is -0.383 e. The second-order valence-electron chi connectivity index (χ2n) is 4.97. The zero-order chi connectivity index (χ0) is 14.3. The van der Waals surface area contributed by atoms with Crippen molar-refractivity contribution in [3.8, 4) is 11.1 Å². The average Bonchev–Trinajstić information content (AvgIpc) is 2.96. The van der Waals surface area contributed by atoms with Crippen LogP contribution in [0.4, 0.5) is 16.3 Å². The number of nitrogens with two attached hydrogens (primary N) is 1. The Morgan fingerprint density at radius 3 is 2.35 bits per heavy atom. The summed E-state index contributed by atoms with van der Waals surface area (Å²) in [5.74, 6) is 0.634. The average molecular weight is 271 g/mol. The zero-order valence-corrected chi connectivity index (χ0v) is 11.6. The lowest BCUT2D eigenvalue weighted by atomic mass is 10.1. The Bertz CT molecular complexity index is 646. The number of benzene rings is 1. The van der Waals surface area contributed by atoms with E-state index >= 15 is 0 Å². The first-order valence-electron chi connectivity index (χ1n) is 6.48. The first-order chi connectivity index (χ1) is 9.58. The van der Waals surface area contributed by atoms with Crippen molar-refractivity contribution >= 4 is 17.5 Å². The number of carbonyl (C=O) groups excluding carboxylic acids is 1. The van der Waals surface area contributed by atoms with Gasteiger partial charge in [0.1, 0.15) is 5.82 Å². The summed E-state index contributed by atoms with van der Waals surface area (Å²) in [5.41, 5.74) is 8.78. The van der Waals surface area contributed by atoms with Crippen molar-refractivity contribution in [3.05, 3.63) is 30.5 Å². The van der Waals surface area contributed by atoms with Crippen molar-refractivity contribution in [2.75, 3.05) is 30.8 Å². The van der Waals surface area contributed by atoms with E-state index in [2.05, 4.69) is 5.10 Å². The molecule has 1 aromatic heterocycles. The summed E-state index contributed by atoms with van der Waals surface area (Å²) >= 11 is 0. The van der Waals surface area contributed by atoms with Crippen molar-refractivity contribution in [1.29, 1.82) is 0 Å². The molecule has 0 saturated carbocycles. The highest BCUT2D eigenvalue weighted by Gasteiger charge is 2.26. The fraction of sp³-hybridized carbons (Fsp3) is 0.286. The summed E-state index contributed by atoms with van der Waals surface area (Å²) in [6.45, 7) is 1.49. The number of likely N-dealkylation sites (N-methyl/N-ethyl adjacent to an activating group) is 1. The Morgan fingerprint density at radius 1 is 1.15 bits per heavy atom. The van der Waals surface area contributed by atoms with Crippen LogP contribution in [0.2, 0.25) is 0 Å². The van der Waals surface area contributed by atoms with Crippen molar-refractivity contribution in [3.63, 3.8) is 0 Å². The maximum atomic E-state index is 11.9. The molecule has 6 heteroatoms. The van der Waals surface area contributed by atoms with Crippen LogP contribution in [0.3, 0.4) is 0 Å². The maximum Gasteiger partial charge on any atom is 0.324 e. The second-order valence-corrected chi connectivity index (χ2v) is 4.97. The molecule has 0 bridgehead atoms. The molecule has 2 heterocycles. The minimum atomic E-state index is 0.0404. The van der Waals surface area contributed by atoms with Gasteiger partial charge in [-0.15, -0.1) is 0 Å². The topological polar surface area (TPSA) is 67.4 Å². The molecular weight excluding hydrogens is 254 g/mol. The summed E-state index contributed by atoms with van der Waals surface area (Å²) in [6.07, 6.45) is 1.75. The molecule has 1 aliphatic heterocycles. The highest BCUT2D eigenvalue weighted by molar-refractivity contribution is 5.94. The van der Waals surface area contributed by atoms with Gasteiger partial charge >= 0.3 is 6.03 Å². The van der Waals surface area contributed by atoms with Gasteiger partial charge in [0, 0.05) is 38.4 Å². The molecule has 2 N–H and O–H groups in total. The number of aromatic nitrogens is 2. The Kier molecular flexibility index (Phi) is 2.85. The van der Waals surface area contributed by atoms with Gasteiger partial charge in [-0.1, -0.05) is 12.1 Å². The summed E-state index contributed by atoms with van der Waals surface area (Å²) in [4.78, 5) is 15.4. The van der Waals surface area contributed by atoms with Crippen LogP contribution in [-0.4, -0.2) is 40.8 Å². The van der Waals surface area contributed by atoms with E-state index in [0.29, 0.717) is 5.82 Å². The van der Waals surface area contributed by atoms with E-state index < -0.39 is 0 Å². The molecule has 0 unspecified atom stereocenters. The summed E-state index contributed by atoms with van der Waals surface area (Å²) in [6, 6.07) is 7.86. The summed E-state index contributed by atoms with van der Waals surface area (Å²) < 4.78 is 1.64. The number of nitrogen functional groups attached to an aromatic ring is 1. The quantitative estimate of drug-likeness (QED) is 0.901. The molecule has 1 aromatic carbocycles. The molecule has 3 rings (SSSR count). The van der Waals surface area contributed by atoms with Crippen LogP contribution in [0.5, 0.6) is 0 Å². The largest absolute Gasteiger partial charge is 0.383 e. The molecule has 1 saturated heterocycles. The van der Waals surface area contributed by atoms with E-state index in [1.807, 2.05) is 38.4 Å². The smallest absolute Gasteiger partial charge is 0.324 e. The van der Waals surface area contributed by atoms with Crippen LogP contribution in [-0.2, 0) is 7.05 Å². The van der Waals surface area contributed by atoms with Gasteiger partial charge in [-0.2, -0.15) is 5.10 Å². The van der Waals surface area contributed by atoms with Gasteiger partial charge in [-0.05, 0) is 17.7 Å². The molecule has 2 aromatic rings. The van der Waals surface area contributed by atoms with Gasteiger partial charge in [0.05, 0.1) is 6.20 Å². The van der Waals surface area contributed by atoms with E-state index in [-0.39, 0.29) is 6.03 Å². The molecule has 0 spiro atoms. The molecular formula is C14H17N5O. The van der Waals surface area contributed by atoms with Crippen LogP contribution in [0.15, 0.2) is 30.5 Å². The van der Waals surface area contributed by atoms with Crippen molar-refractivity contribution in [2.24, 2.45) is 7.05 Å². The Morgan fingerprint density at radius 2 is 1.85 bits per heavy atom. The first-order valence-corrected chi connectivity index (χ1v) is 6.48. The number of urea groups is 1. The van der Waals surface area contributed by atoms with Crippen LogP contribution >= 0.6 is 0 Å². The van der Waals surface area contributed by atoms with E-state index in [0.717, 1.165) is 29.9 Å². The van der Waals surface area contributed by atoms with Crippen molar-refractivity contribution in [2.45, 2.75) is 0 Å².